The summed E-state index contributed by atoms with van der Waals surface area (Å²) in [4.78, 5) is 28.8. The number of aromatic carboxylic acids is 1. The molecular formula is C15H15ClN2O4. The van der Waals surface area contributed by atoms with Gasteiger partial charge in [-0.25, -0.2) is 9.59 Å². The number of hydrogen-bond donors (Lipinski definition) is 1. The number of amides is 1. The van der Waals surface area contributed by atoms with E-state index >= 15 is 0 Å². The molecule has 1 aliphatic heterocycles. The molecule has 22 heavy (non-hydrogen) atoms. The largest absolute Gasteiger partial charge is 0.478 e. The third kappa shape index (κ3) is 2.69. The second kappa shape index (κ2) is 5.46. The minimum atomic E-state index is -1.02. The van der Waals surface area contributed by atoms with Crippen LogP contribution in [-0.2, 0) is 4.74 Å². The minimum absolute atomic E-state index is 0. The molecule has 0 radical (unpaired) electrons. The van der Waals surface area contributed by atoms with E-state index in [4.69, 9.17) is 4.74 Å². The summed E-state index contributed by atoms with van der Waals surface area (Å²) in [7, 11) is 0. The summed E-state index contributed by atoms with van der Waals surface area (Å²) < 4.78 is 5.26. The number of anilines is 1. The standard InChI is InChI=1S/C15H14N2O4.ClH/c1-15(2)8-17(14(20)21-15)9-3-4-12-11(7-9)10(13(18)19)5-6-16-12;/h3-7H,8H2,1-2H3,(H,18,19);1H. The van der Waals surface area contributed by atoms with E-state index in [1.54, 1.807) is 18.2 Å². The molecule has 3 rings (SSSR count). The van der Waals surface area contributed by atoms with Crippen LogP contribution in [0, 0.1) is 0 Å². The zero-order valence-electron chi connectivity index (χ0n) is 12.1. The van der Waals surface area contributed by atoms with E-state index in [-0.39, 0.29) is 18.0 Å². The average Bonchev–Trinajstić information content (AvgIpc) is 2.70. The van der Waals surface area contributed by atoms with Crippen LogP contribution in [0.4, 0.5) is 10.5 Å². The Kier molecular flexibility index (Phi) is 3.98. The minimum Gasteiger partial charge on any atom is -0.478 e. The summed E-state index contributed by atoms with van der Waals surface area (Å²) in [5, 5.41) is 9.74. The zero-order chi connectivity index (χ0) is 15.2. The maximum Gasteiger partial charge on any atom is 0.415 e. The van der Waals surface area contributed by atoms with Gasteiger partial charge < -0.3 is 9.84 Å². The van der Waals surface area contributed by atoms with E-state index in [9.17, 15) is 14.7 Å². The number of cyclic esters (lactones) is 1. The van der Waals surface area contributed by atoms with E-state index < -0.39 is 17.7 Å². The molecule has 0 saturated carbocycles. The van der Waals surface area contributed by atoms with Gasteiger partial charge in [0.2, 0.25) is 0 Å². The van der Waals surface area contributed by atoms with Gasteiger partial charge in [0.25, 0.3) is 0 Å². The van der Waals surface area contributed by atoms with Crippen LogP contribution >= 0.6 is 12.4 Å². The van der Waals surface area contributed by atoms with Crippen molar-refractivity contribution < 1.29 is 19.4 Å². The molecule has 0 atom stereocenters. The van der Waals surface area contributed by atoms with Crippen molar-refractivity contribution in [1.82, 2.24) is 4.98 Å². The number of ether oxygens (including phenoxy) is 1. The maximum absolute atomic E-state index is 11.9. The highest BCUT2D eigenvalue weighted by Crippen LogP contribution is 2.30. The van der Waals surface area contributed by atoms with Gasteiger partial charge in [-0.1, -0.05) is 0 Å². The summed E-state index contributed by atoms with van der Waals surface area (Å²) in [6.07, 6.45) is 1.03. The molecule has 1 saturated heterocycles. The summed E-state index contributed by atoms with van der Waals surface area (Å²) in [6, 6.07) is 6.55. The van der Waals surface area contributed by atoms with Crippen molar-refractivity contribution >= 4 is 41.1 Å². The van der Waals surface area contributed by atoms with Crippen LogP contribution < -0.4 is 4.90 Å². The second-order valence-corrected chi connectivity index (χ2v) is 5.58. The number of fused-ring (bicyclic) bond motifs is 1. The lowest BCUT2D eigenvalue weighted by Gasteiger charge is -2.16. The number of pyridine rings is 1. The molecule has 1 aromatic carbocycles. The third-order valence-corrected chi connectivity index (χ3v) is 3.39. The fourth-order valence-electron chi connectivity index (χ4n) is 2.45. The topological polar surface area (TPSA) is 79.7 Å². The number of carboxylic acids is 1. The monoisotopic (exact) mass is 322 g/mol. The van der Waals surface area contributed by atoms with Gasteiger partial charge in [0.1, 0.15) is 5.60 Å². The number of carboxylic acid groups (broad SMARTS) is 1. The number of rotatable bonds is 2. The van der Waals surface area contributed by atoms with Crippen molar-refractivity contribution in [3.63, 3.8) is 0 Å². The number of halogens is 1. The van der Waals surface area contributed by atoms with Crippen molar-refractivity contribution in [1.29, 1.82) is 0 Å². The van der Waals surface area contributed by atoms with E-state index in [1.165, 1.54) is 17.2 Å². The molecule has 1 aliphatic rings. The van der Waals surface area contributed by atoms with E-state index in [0.717, 1.165) is 0 Å². The first-order valence-electron chi connectivity index (χ1n) is 6.50. The molecule has 0 spiro atoms. The fourth-order valence-corrected chi connectivity index (χ4v) is 2.45. The van der Waals surface area contributed by atoms with E-state index in [2.05, 4.69) is 4.98 Å². The van der Waals surface area contributed by atoms with Gasteiger partial charge in [-0.2, -0.15) is 0 Å². The highest BCUT2D eigenvalue weighted by molar-refractivity contribution is 6.04. The Labute approximate surface area is 133 Å². The van der Waals surface area contributed by atoms with Gasteiger partial charge in [-0.3, -0.25) is 9.88 Å². The number of aromatic nitrogens is 1. The smallest absolute Gasteiger partial charge is 0.415 e. The van der Waals surface area contributed by atoms with Crippen molar-refractivity contribution in [2.24, 2.45) is 0 Å². The molecule has 1 fully saturated rings. The Hall–Kier alpha value is -2.34. The molecular weight excluding hydrogens is 308 g/mol. The van der Waals surface area contributed by atoms with Gasteiger partial charge in [-0.05, 0) is 38.1 Å². The number of benzene rings is 1. The molecule has 0 aliphatic carbocycles. The van der Waals surface area contributed by atoms with Crippen LogP contribution in [0.15, 0.2) is 30.5 Å². The van der Waals surface area contributed by atoms with Crippen LogP contribution in [0.2, 0.25) is 0 Å². The number of hydrogen-bond acceptors (Lipinski definition) is 4. The first-order chi connectivity index (χ1) is 9.87. The van der Waals surface area contributed by atoms with Crippen molar-refractivity contribution in [2.45, 2.75) is 19.4 Å². The van der Waals surface area contributed by atoms with Gasteiger partial charge in [0, 0.05) is 17.3 Å². The van der Waals surface area contributed by atoms with Gasteiger partial charge in [-0.15, -0.1) is 12.4 Å². The molecule has 1 amide bonds. The van der Waals surface area contributed by atoms with Crippen molar-refractivity contribution in [3.8, 4) is 0 Å². The Balaban J connectivity index is 0.00000176. The lowest BCUT2D eigenvalue weighted by molar-refractivity contribution is 0.0698. The molecule has 116 valence electrons. The normalized spacial score (nSPS) is 16.3. The molecule has 2 heterocycles. The van der Waals surface area contributed by atoms with E-state index in [1.807, 2.05) is 13.8 Å². The molecule has 1 N–H and O–H groups in total. The fraction of sp³-hybridized carbons (Fsp3) is 0.267. The van der Waals surface area contributed by atoms with Crippen LogP contribution in [0.1, 0.15) is 24.2 Å². The molecule has 1 aromatic heterocycles. The van der Waals surface area contributed by atoms with Crippen LogP contribution in [0.3, 0.4) is 0 Å². The Morgan fingerprint density at radius 1 is 1.36 bits per heavy atom. The summed E-state index contributed by atoms with van der Waals surface area (Å²) >= 11 is 0. The summed E-state index contributed by atoms with van der Waals surface area (Å²) in [5.41, 5.74) is 0.782. The average molecular weight is 323 g/mol. The van der Waals surface area contributed by atoms with Crippen LogP contribution in [0.5, 0.6) is 0 Å². The van der Waals surface area contributed by atoms with Gasteiger partial charge in [0.05, 0.1) is 17.6 Å². The summed E-state index contributed by atoms with van der Waals surface area (Å²) in [6.45, 7) is 4.08. The number of carbonyl (C=O) groups is 2. The molecule has 6 nitrogen and oxygen atoms in total. The third-order valence-electron chi connectivity index (χ3n) is 3.39. The quantitative estimate of drug-likeness (QED) is 0.919. The molecule has 0 unspecified atom stereocenters. The highest BCUT2D eigenvalue weighted by Gasteiger charge is 2.38. The Morgan fingerprint density at radius 2 is 2.09 bits per heavy atom. The predicted octanol–water partition coefficient (Wildman–Crippen LogP) is 3.09. The van der Waals surface area contributed by atoms with Crippen molar-refractivity contribution in [2.75, 3.05) is 11.4 Å². The first-order valence-corrected chi connectivity index (χ1v) is 6.50. The molecule has 7 heteroatoms. The maximum atomic E-state index is 11.9. The number of nitrogens with zero attached hydrogens (tertiary/aromatic N) is 2. The lowest BCUT2D eigenvalue weighted by Crippen LogP contribution is -2.28. The Bertz CT molecular complexity index is 760. The highest BCUT2D eigenvalue weighted by atomic mass is 35.5. The van der Waals surface area contributed by atoms with Crippen LogP contribution in [-0.4, -0.2) is 34.3 Å². The van der Waals surface area contributed by atoms with E-state index in [0.29, 0.717) is 23.1 Å². The van der Waals surface area contributed by atoms with Gasteiger partial charge >= 0.3 is 12.1 Å². The van der Waals surface area contributed by atoms with Gasteiger partial charge in [0.15, 0.2) is 0 Å². The summed E-state index contributed by atoms with van der Waals surface area (Å²) in [5.74, 6) is -1.02. The predicted molar refractivity (Wildman–Crippen MR) is 83.9 cm³/mol. The molecule has 2 aromatic rings. The van der Waals surface area contributed by atoms with Crippen molar-refractivity contribution in [3.05, 3.63) is 36.0 Å². The lowest BCUT2D eigenvalue weighted by atomic mass is 10.1. The first kappa shape index (κ1) is 16.0. The SMILES string of the molecule is CC1(C)CN(c2ccc3nccc(C(=O)O)c3c2)C(=O)O1.Cl. The Morgan fingerprint density at radius 3 is 2.68 bits per heavy atom. The number of carbonyl (C=O) groups excluding carboxylic acids is 1. The zero-order valence-corrected chi connectivity index (χ0v) is 12.9. The second-order valence-electron chi connectivity index (χ2n) is 5.58. The molecule has 0 bridgehead atoms. The van der Waals surface area contributed by atoms with Crippen LogP contribution in [0.25, 0.3) is 10.9 Å².